The van der Waals surface area contributed by atoms with E-state index in [1.165, 1.54) is 18.2 Å². The first-order valence-electron chi connectivity index (χ1n) is 13.9. The van der Waals surface area contributed by atoms with Crippen LogP contribution in [0.3, 0.4) is 0 Å². The van der Waals surface area contributed by atoms with Gasteiger partial charge in [0, 0.05) is 61.1 Å². The molecule has 5 aromatic rings. The Morgan fingerprint density at radius 3 is 2.15 bits per heavy atom. The Morgan fingerprint density at radius 2 is 1.48 bits per heavy atom. The molecule has 2 aromatic heterocycles. The summed E-state index contributed by atoms with van der Waals surface area (Å²) in [5.74, 6) is -6.46. The van der Waals surface area contributed by atoms with Crippen LogP contribution in [-0.4, -0.2) is 65.1 Å². The number of aromatic nitrogens is 2. The van der Waals surface area contributed by atoms with Crippen molar-refractivity contribution in [3.8, 4) is 16.9 Å². The van der Waals surface area contributed by atoms with E-state index in [0.29, 0.717) is 30.9 Å². The van der Waals surface area contributed by atoms with Gasteiger partial charge in [-0.15, -0.1) is 0 Å². The highest BCUT2D eigenvalue weighted by atomic mass is 19.4. The lowest BCUT2D eigenvalue weighted by Crippen LogP contribution is -2.46. The number of alkyl halides is 6. The molecule has 0 amide bonds. The monoisotopic (exact) mass is 648 g/mol. The van der Waals surface area contributed by atoms with Gasteiger partial charge >= 0.3 is 24.3 Å². The molecule has 0 spiro atoms. The highest BCUT2D eigenvalue weighted by Crippen LogP contribution is 2.42. The van der Waals surface area contributed by atoms with Gasteiger partial charge in [-0.3, -0.25) is 4.90 Å². The number of piperazine rings is 1. The summed E-state index contributed by atoms with van der Waals surface area (Å²) in [5.41, 5.74) is 1.75. The molecule has 0 radical (unpaired) electrons. The van der Waals surface area contributed by atoms with Gasteiger partial charge in [0.05, 0.1) is 16.6 Å². The zero-order valence-electron chi connectivity index (χ0n) is 23.6. The molecule has 6 rings (SSSR count). The van der Waals surface area contributed by atoms with E-state index in [0.717, 1.165) is 40.9 Å². The van der Waals surface area contributed by atoms with Crippen LogP contribution in [0.2, 0.25) is 0 Å². The maximum Gasteiger partial charge on any atom is 0.493 e. The quantitative estimate of drug-likeness (QED) is 0.134. The van der Waals surface area contributed by atoms with Crippen molar-refractivity contribution in [1.29, 1.82) is 0 Å². The van der Waals surface area contributed by atoms with Gasteiger partial charge in [-0.2, -0.15) is 31.1 Å². The van der Waals surface area contributed by atoms with Gasteiger partial charge in [0.2, 0.25) is 0 Å². The second kappa shape index (κ2) is 11.7. The van der Waals surface area contributed by atoms with Gasteiger partial charge in [0.25, 0.3) is 0 Å². The van der Waals surface area contributed by atoms with Crippen molar-refractivity contribution in [2.24, 2.45) is 0 Å². The average Bonchev–Trinajstić information content (AvgIpc) is 3.61. The van der Waals surface area contributed by atoms with Crippen LogP contribution in [0.4, 0.5) is 36.4 Å². The molecule has 1 aliphatic rings. The lowest BCUT2D eigenvalue weighted by Gasteiger charge is -2.36. The molecule has 0 unspecified atom stereocenters. The van der Waals surface area contributed by atoms with Crippen molar-refractivity contribution in [2.75, 3.05) is 31.1 Å². The Kier molecular flexibility index (Phi) is 7.88. The van der Waals surface area contributed by atoms with Crippen LogP contribution in [-0.2, 0) is 16.1 Å². The summed E-state index contributed by atoms with van der Waals surface area (Å²) >= 11 is 0. The summed E-state index contributed by atoms with van der Waals surface area (Å²) in [5, 5.41) is 0.768. The van der Waals surface area contributed by atoms with Gasteiger partial charge in [-0.05, 0) is 48.0 Å². The van der Waals surface area contributed by atoms with E-state index >= 15 is 0 Å². The third-order valence-corrected chi connectivity index (χ3v) is 7.64. The number of fused-ring (bicyclic) bond motifs is 2. The predicted octanol–water partition coefficient (Wildman–Crippen LogP) is 6.24. The number of H-pyrrole nitrogens is 1. The molecule has 0 atom stereocenters. The van der Waals surface area contributed by atoms with Crippen molar-refractivity contribution in [2.45, 2.75) is 18.9 Å². The maximum atomic E-state index is 13.9. The van der Waals surface area contributed by atoms with Crippen LogP contribution in [0.25, 0.3) is 32.9 Å². The molecule has 0 aliphatic carbocycles. The van der Waals surface area contributed by atoms with Gasteiger partial charge in [0.15, 0.2) is 0 Å². The lowest BCUT2D eigenvalue weighted by atomic mass is 10.0. The van der Waals surface area contributed by atoms with Crippen LogP contribution in [0, 0.1) is 5.82 Å². The van der Waals surface area contributed by atoms with Crippen LogP contribution >= 0.6 is 0 Å². The van der Waals surface area contributed by atoms with Crippen molar-refractivity contribution in [3.63, 3.8) is 0 Å². The summed E-state index contributed by atoms with van der Waals surface area (Å²) in [6.07, 6.45) is -8.99. The Hall–Kier alpha value is -5.05. The van der Waals surface area contributed by atoms with E-state index in [1.54, 1.807) is 0 Å². The smallest absolute Gasteiger partial charge is 0.419 e. The molecular formula is C31H23F7N4O4. The van der Waals surface area contributed by atoms with E-state index in [9.17, 15) is 40.3 Å². The molecule has 8 nitrogen and oxygen atoms in total. The Balaban J connectivity index is 1.44. The van der Waals surface area contributed by atoms with Gasteiger partial charge < -0.3 is 19.5 Å². The van der Waals surface area contributed by atoms with Crippen LogP contribution in [0.15, 0.2) is 72.9 Å². The normalized spacial score (nSPS) is 14.6. The van der Waals surface area contributed by atoms with Gasteiger partial charge in [0.1, 0.15) is 11.6 Å². The van der Waals surface area contributed by atoms with Crippen LogP contribution in [0.1, 0.15) is 5.69 Å². The molecular weight excluding hydrogens is 625 g/mol. The third-order valence-electron chi connectivity index (χ3n) is 7.64. The first-order chi connectivity index (χ1) is 21.8. The van der Waals surface area contributed by atoms with E-state index in [1.807, 2.05) is 35.4 Å². The van der Waals surface area contributed by atoms with Gasteiger partial charge in [-0.25, -0.2) is 14.0 Å². The average molecular weight is 649 g/mol. The van der Waals surface area contributed by atoms with Crippen molar-refractivity contribution < 1.29 is 49.9 Å². The number of aromatic amines is 1. The number of halogens is 7. The number of esters is 1. The van der Waals surface area contributed by atoms with Crippen molar-refractivity contribution in [3.05, 3.63) is 84.4 Å². The summed E-state index contributed by atoms with van der Waals surface area (Å²) in [6.45, 7) is 1.67. The van der Waals surface area contributed by atoms with E-state index in [4.69, 9.17) is 4.84 Å². The molecule has 46 heavy (non-hydrogen) atoms. The molecule has 3 aromatic carbocycles. The summed E-state index contributed by atoms with van der Waals surface area (Å²) in [4.78, 5) is 36.0. The number of hydrogen-bond acceptors (Lipinski definition) is 6. The second-order valence-corrected chi connectivity index (χ2v) is 10.5. The lowest BCUT2D eigenvalue weighted by molar-refractivity contribution is -0.199. The van der Waals surface area contributed by atoms with Crippen LogP contribution < -0.4 is 14.5 Å². The number of benzene rings is 3. The van der Waals surface area contributed by atoms with E-state index < -0.39 is 35.9 Å². The number of anilines is 1. The van der Waals surface area contributed by atoms with Crippen molar-refractivity contribution >= 4 is 39.4 Å². The SMILES string of the molecule is O=C(Oc1cccc2c1c(-c1ccc(F)cc1)c(CN1CCN(c3cccc4[nH]ccc34)CC1)n2OC(=O)C(F)(F)F)C(F)(F)F. The minimum absolute atomic E-state index is 0.00457. The fourth-order valence-electron chi connectivity index (χ4n) is 5.59. The number of carbonyl (C=O) groups is 2. The zero-order chi connectivity index (χ0) is 32.8. The molecule has 1 saturated heterocycles. The maximum absolute atomic E-state index is 13.9. The van der Waals surface area contributed by atoms with Crippen LogP contribution in [0.5, 0.6) is 5.75 Å². The summed E-state index contributed by atoms with van der Waals surface area (Å²) < 4.78 is 99.0. The Labute approximate surface area is 255 Å². The number of nitrogens with zero attached hydrogens (tertiary/aromatic N) is 3. The third kappa shape index (κ3) is 5.97. The number of rotatable bonds is 6. The topological polar surface area (TPSA) is 79.8 Å². The molecule has 240 valence electrons. The van der Waals surface area contributed by atoms with Gasteiger partial charge in [-0.1, -0.05) is 24.3 Å². The Bertz CT molecular complexity index is 1920. The van der Waals surface area contributed by atoms with E-state index in [2.05, 4.69) is 14.6 Å². The predicted molar refractivity (Wildman–Crippen MR) is 152 cm³/mol. The zero-order valence-corrected chi connectivity index (χ0v) is 23.6. The second-order valence-electron chi connectivity index (χ2n) is 10.5. The number of ether oxygens (including phenoxy) is 1. The van der Waals surface area contributed by atoms with Crippen molar-refractivity contribution in [1.82, 2.24) is 14.6 Å². The number of carbonyl (C=O) groups excluding carboxylic acids is 2. The van der Waals surface area contributed by atoms with E-state index in [-0.39, 0.29) is 34.3 Å². The highest BCUT2D eigenvalue weighted by molar-refractivity contribution is 6.03. The molecule has 1 fully saturated rings. The molecule has 3 heterocycles. The fraction of sp³-hybridized carbons (Fsp3) is 0.226. The number of nitrogens with one attached hydrogen (secondary N) is 1. The summed E-state index contributed by atoms with van der Waals surface area (Å²) in [7, 11) is 0. The molecule has 0 bridgehead atoms. The highest BCUT2D eigenvalue weighted by Gasteiger charge is 2.44. The minimum atomic E-state index is -5.42. The first-order valence-corrected chi connectivity index (χ1v) is 13.9. The minimum Gasteiger partial charge on any atom is -0.419 e. The number of hydrogen-bond donors (Lipinski definition) is 1. The Morgan fingerprint density at radius 1 is 0.804 bits per heavy atom. The molecule has 1 N–H and O–H groups in total. The molecule has 0 saturated carbocycles. The summed E-state index contributed by atoms with van der Waals surface area (Å²) in [6, 6.07) is 15.8. The molecule has 1 aliphatic heterocycles. The standard InChI is InChI=1S/C31H23F7N4O4/c32-19-9-7-18(8-10-19)26-24(17-40-13-15-41(16-14-40)22-4-1-3-21-20(22)11-12-39-21)42(46-29(44)31(36,37)38)23-5-2-6-25(27(23)26)45-28(43)30(33,34)35/h1-12,39H,13-17H2. The largest absolute Gasteiger partial charge is 0.493 e. The first kappa shape index (κ1) is 31.0. The fourth-order valence-corrected chi connectivity index (χ4v) is 5.59. The molecule has 15 heteroatoms.